The zero-order valence-corrected chi connectivity index (χ0v) is 18.8. The van der Waals surface area contributed by atoms with Crippen molar-refractivity contribution in [2.75, 3.05) is 6.61 Å². The number of halogens is 1. The highest BCUT2D eigenvalue weighted by molar-refractivity contribution is 6.31. The quantitative estimate of drug-likeness (QED) is 0.460. The number of ether oxygens (including phenoxy) is 1. The van der Waals surface area contributed by atoms with Crippen LogP contribution >= 0.6 is 11.6 Å². The van der Waals surface area contributed by atoms with Crippen molar-refractivity contribution in [2.45, 2.75) is 58.5 Å². The average Bonchev–Trinajstić information content (AvgIpc) is 3.15. The molecule has 3 aromatic rings. The fourth-order valence-corrected chi connectivity index (χ4v) is 4.42. The second kappa shape index (κ2) is 10.2. The van der Waals surface area contributed by atoms with E-state index in [9.17, 15) is 4.79 Å². The predicted octanol–water partition coefficient (Wildman–Crippen LogP) is 5.66. The second-order valence-corrected chi connectivity index (χ2v) is 8.74. The molecular formula is C25H30ClN3O2. The van der Waals surface area contributed by atoms with Crippen LogP contribution in [-0.2, 0) is 17.9 Å². The third-order valence-electron chi connectivity index (χ3n) is 6.05. The van der Waals surface area contributed by atoms with Gasteiger partial charge in [0.15, 0.2) is 0 Å². The average molecular weight is 440 g/mol. The van der Waals surface area contributed by atoms with Crippen LogP contribution < -0.4 is 10.1 Å². The van der Waals surface area contributed by atoms with Crippen molar-refractivity contribution in [3.8, 4) is 5.75 Å². The van der Waals surface area contributed by atoms with Gasteiger partial charge < -0.3 is 14.6 Å². The van der Waals surface area contributed by atoms with E-state index in [0.29, 0.717) is 13.2 Å². The Balaban J connectivity index is 1.38. The van der Waals surface area contributed by atoms with Crippen LogP contribution in [0.25, 0.3) is 11.0 Å². The molecule has 0 saturated heterocycles. The molecule has 1 saturated carbocycles. The van der Waals surface area contributed by atoms with Gasteiger partial charge in [-0.25, -0.2) is 4.98 Å². The predicted molar refractivity (Wildman–Crippen MR) is 124 cm³/mol. The van der Waals surface area contributed by atoms with E-state index in [-0.39, 0.29) is 11.8 Å². The highest BCUT2D eigenvalue weighted by atomic mass is 35.5. The maximum Gasteiger partial charge on any atom is 0.223 e. The standard InChI is InChI=1S/C25H30ClN3O2/c1-18-16-20(12-13-21(18)26)31-15-7-14-29-23-11-6-5-10-22(23)28-24(29)17-27-25(30)19-8-3-2-4-9-19/h5-6,10-13,16,19H,2-4,7-9,14-15,17H2,1H3,(H,27,30). The second-order valence-electron chi connectivity index (χ2n) is 8.33. The van der Waals surface area contributed by atoms with E-state index in [1.165, 1.54) is 6.42 Å². The summed E-state index contributed by atoms with van der Waals surface area (Å²) >= 11 is 6.09. The number of nitrogens with zero attached hydrogens (tertiary/aromatic N) is 2. The van der Waals surface area contributed by atoms with Crippen LogP contribution in [-0.4, -0.2) is 22.1 Å². The first-order valence-electron chi connectivity index (χ1n) is 11.2. The Morgan fingerprint density at radius 2 is 2.00 bits per heavy atom. The number of carbonyl (C=O) groups excluding carboxylic acids is 1. The summed E-state index contributed by atoms with van der Waals surface area (Å²) in [6, 6.07) is 13.8. The number of imidazole rings is 1. The van der Waals surface area contributed by atoms with E-state index in [1.807, 2.05) is 43.3 Å². The Kier molecular flexibility index (Phi) is 7.13. The minimum atomic E-state index is 0.155. The van der Waals surface area contributed by atoms with Crippen molar-refractivity contribution < 1.29 is 9.53 Å². The van der Waals surface area contributed by atoms with Gasteiger partial charge in [-0.2, -0.15) is 0 Å². The van der Waals surface area contributed by atoms with Crippen molar-refractivity contribution in [2.24, 2.45) is 5.92 Å². The third-order valence-corrected chi connectivity index (χ3v) is 6.48. The molecule has 6 heteroatoms. The number of aryl methyl sites for hydroxylation is 2. The van der Waals surface area contributed by atoms with Crippen LogP contribution in [0, 0.1) is 12.8 Å². The molecule has 0 radical (unpaired) electrons. The summed E-state index contributed by atoms with van der Waals surface area (Å²) in [5.41, 5.74) is 3.06. The fourth-order valence-electron chi connectivity index (χ4n) is 4.30. The molecule has 0 atom stereocenters. The summed E-state index contributed by atoms with van der Waals surface area (Å²) in [6.07, 6.45) is 6.41. The molecule has 1 N–H and O–H groups in total. The SMILES string of the molecule is Cc1cc(OCCCn2c(CNC(=O)C3CCCCC3)nc3ccccc32)ccc1Cl. The zero-order chi connectivity index (χ0) is 21.6. The van der Waals surface area contributed by atoms with Crippen LogP contribution in [0.1, 0.15) is 49.9 Å². The Bertz CT molecular complexity index is 1040. The first-order chi connectivity index (χ1) is 15.1. The number of para-hydroxylation sites is 2. The number of hydrogen-bond acceptors (Lipinski definition) is 3. The number of amides is 1. The van der Waals surface area contributed by atoms with E-state index in [0.717, 1.165) is 71.8 Å². The summed E-state index contributed by atoms with van der Waals surface area (Å²) < 4.78 is 8.11. The first-order valence-corrected chi connectivity index (χ1v) is 11.6. The van der Waals surface area contributed by atoms with Crippen LogP contribution in [0.3, 0.4) is 0 Å². The van der Waals surface area contributed by atoms with Crippen molar-refractivity contribution in [3.63, 3.8) is 0 Å². The maximum absolute atomic E-state index is 12.6. The summed E-state index contributed by atoms with van der Waals surface area (Å²) in [5.74, 6) is 2.05. The van der Waals surface area contributed by atoms with Gasteiger partial charge >= 0.3 is 0 Å². The van der Waals surface area contributed by atoms with E-state index in [4.69, 9.17) is 21.3 Å². The Labute approximate surface area is 188 Å². The van der Waals surface area contributed by atoms with Gasteiger partial charge in [0.2, 0.25) is 5.91 Å². The number of aromatic nitrogens is 2. The van der Waals surface area contributed by atoms with Crippen LogP contribution in [0.5, 0.6) is 5.75 Å². The number of carbonyl (C=O) groups is 1. The van der Waals surface area contributed by atoms with E-state index < -0.39 is 0 Å². The molecule has 164 valence electrons. The van der Waals surface area contributed by atoms with Gasteiger partial charge in [0, 0.05) is 17.5 Å². The number of hydrogen-bond donors (Lipinski definition) is 1. The van der Waals surface area contributed by atoms with Crippen LogP contribution in [0.2, 0.25) is 5.02 Å². The summed E-state index contributed by atoms with van der Waals surface area (Å²) in [4.78, 5) is 17.4. The molecular weight excluding hydrogens is 410 g/mol. The van der Waals surface area contributed by atoms with Gasteiger partial charge in [-0.3, -0.25) is 4.79 Å². The maximum atomic E-state index is 12.6. The Morgan fingerprint density at radius 1 is 1.19 bits per heavy atom. The van der Waals surface area contributed by atoms with E-state index >= 15 is 0 Å². The lowest BCUT2D eigenvalue weighted by Gasteiger charge is -2.20. The molecule has 31 heavy (non-hydrogen) atoms. The molecule has 0 unspecified atom stereocenters. The third kappa shape index (κ3) is 5.40. The smallest absolute Gasteiger partial charge is 0.223 e. The fraction of sp³-hybridized carbons (Fsp3) is 0.440. The van der Waals surface area contributed by atoms with Crippen molar-refractivity contribution >= 4 is 28.5 Å². The first kappa shape index (κ1) is 21.7. The van der Waals surface area contributed by atoms with Gasteiger partial charge in [-0.05, 0) is 62.1 Å². The van der Waals surface area contributed by atoms with Crippen molar-refractivity contribution in [1.82, 2.24) is 14.9 Å². The summed E-state index contributed by atoms with van der Waals surface area (Å²) in [6.45, 7) is 3.81. The molecule has 0 bridgehead atoms. The lowest BCUT2D eigenvalue weighted by atomic mass is 9.89. The number of nitrogens with one attached hydrogen (secondary N) is 1. The van der Waals surface area contributed by atoms with Crippen molar-refractivity contribution in [1.29, 1.82) is 0 Å². The molecule has 5 nitrogen and oxygen atoms in total. The highest BCUT2D eigenvalue weighted by Crippen LogP contribution is 2.24. The number of rotatable bonds is 8. The molecule has 1 aromatic heterocycles. The topological polar surface area (TPSA) is 56.1 Å². The lowest BCUT2D eigenvalue weighted by Crippen LogP contribution is -2.32. The molecule has 1 aliphatic carbocycles. The number of fused-ring (bicyclic) bond motifs is 1. The van der Waals surface area contributed by atoms with Gasteiger partial charge in [0.05, 0.1) is 24.2 Å². The minimum absolute atomic E-state index is 0.155. The molecule has 1 amide bonds. The molecule has 0 aliphatic heterocycles. The highest BCUT2D eigenvalue weighted by Gasteiger charge is 2.21. The molecule has 1 aliphatic rings. The lowest BCUT2D eigenvalue weighted by molar-refractivity contribution is -0.126. The van der Waals surface area contributed by atoms with Gasteiger partial charge in [0.25, 0.3) is 0 Å². The minimum Gasteiger partial charge on any atom is -0.494 e. The molecule has 2 aromatic carbocycles. The Morgan fingerprint density at radius 3 is 2.81 bits per heavy atom. The molecule has 1 heterocycles. The summed E-state index contributed by atoms with van der Waals surface area (Å²) in [7, 11) is 0. The number of benzene rings is 2. The van der Waals surface area contributed by atoms with Crippen LogP contribution in [0.4, 0.5) is 0 Å². The normalized spacial score (nSPS) is 14.6. The zero-order valence-electron chi connectivity index (χ0n) is 18.1. The van der Waals surface area contributed by atoms with Crippen molar-refractivity contribution in [3.05, 3.63) is 58.9 Å². The van der Waals surface area contributed by atoms with Gasteiger partial charge in [0.1, 0.15) is 11.6 Å². The van der Waals surface area contributed by atoms with E-state index in [2.05, 4.69) is 16.0 Å². The monoisotopic (exact) mass is 439 g/mol. The molecule has 1 fully saturated rings. The molecule has 4 rings (SSSR count). The largest absolute Gasteiger partial charge is 0.494 e. The van der Waals surface area contributed by atoms with Gasteiger partial charge in [-0.15, -0.1) is 0 Å². The van der Waals surface area contributed by atoms with Crippen LogP contribution in [0.15, 0.2) is 42.5 Å². The molecule has 0 spiro atoms. The van der Waals surface area contributed by atoms with E-state index in [1.54, 1.807) is 0 Å². The van der Waals surface area contributed by atoms with Gasteiger partial charge in [-0.1, -0.05) is 43.0 Å². The Hall–Kier alpha value is -2.53. The summed E-state index contributed by atoms with van der Waals surface area (Å²) in [5, 5.41) is 3.88.